The van der Waals surface area contributed by atoms with Crippen LogP contribution in [0, 0.1) is 0 Å². The van der Waals surface area contributed by atoms with Crippen LogP contribution >= 0.6 is 0 Å². The van der Waals surface area contributed by atoms with Crippen LogP contribution in [0.15, 0.2) is 174 Å². The Labute approximate surface area is 287 Å². The van der Waals surface area contributed by atoms with Crippen LogP contribution in [0.4, 0.5) is 0 Å². The number of benzene rings is 7. The first-order valence-corrected chi connectivity index (χ1v) is 16.7. The van der Waals surface area contributed by atoms with Gasteiger partial charge in [-0.05, 0) is 41.0 Å². The van der Waals surface area contributed by atoms with Crippen molar-refractivity contribution in [3.63, 3.8) is 0 Å². The summed E-state index contributed by atoms with van der Waals surface area (Å²) in [4.78, 5) is 15.6. The van der Waals surface area contributed by atoms with Crippen LogP contribution in [-0.4, -0.2) is 19.5 Å². The Kier molecular flexibility index (Phi) is 6.42. The first-order valence-electron chi connectivity index (χ1n) is 16.7. The second-order valence-electron chi connectivity index (χ2n) is 12.4. The third-order valence-electron chi connectivity index (χ3n) is 9.46. The van der Waals surface area contributed by atoms with E-state index in [-0.39, 0.29) is 0 Å². The largest absolute Gasteiger partial charge is 0.456 e. The molecule has 3 heterocycles. The summed E-state index contributed by atoms with van der Waals surface area (Å²) in [6, 6.07) is 58.5. The fourth-order valence-electron chi connectivity index (χ4n) is 7.22. The van der Waals surface area contributed by atoms with Crippen LogP contribution in [0.5, 0.6) is 0 Å². The second kappa shape index (κ2) is 11.4. The molecule has 3 aromatic heterocycles. The number of hydrogen-bond acceptors (Lipinski definition) is 4. The highest BCUT2D eigenvalue weighted by Crippen LogP contribution is 2.41. The molecule has 0 spiro atoms. The van der Waals surface area contributed by atoms with Crippen molar-refractivity contribution in [1.82, 2.24) is 19.5 Å². The van der Waals surface area contributed by atoms with Gasteiger partial charge in [-0.3, -0.25) is 4.57 Å². The van der Waals surface area contributed by atoms with E-state index in [9.17, 15) is 0 Å². The predicted octanol–water partition coefficient (Wildman–Crippen LogP) is 11.5. The molecule has 0 radical (unpaired) electrons. The van der Waals surface area contributed by atoms with E-state index in [4.69, 9.17) is 19.4 Å². The fraction of sp³-hybridized carbons (Fsp3) is 0. The zero-order valence-electron chi connectivity index (χ0n) is 26.9. The number of rotatable bonds is 5. The van der Waals surface area contributed by atoms with E-state index >= 15 is 0 Å². The maximum atomic E-state index is 6.50. The number of para-hydroxylation sites is 3. The highest BCUT2D eigenvalue weighted by Gasteiger charge is 2.22. The molecule has 7 aromatic carbocycles. The molecular formula is C45H28N4O. The number of aromatic nitrogens is 4. The molecule has 0 aliphatic rings. The molecule has 10 rings (SSSR count). The summed E-state index contributed by atoms with van der Waals surface area (Å²) in [6.45, 7) is 0. The maximum Gasteiger partial charge on any atom is 0.238 e. The third-order valence-corrected chi connectivity index (χ3v) is 9.46. The lowest BCUT2D eigenvalue weighted by molar-refractivity contribution is 0.669. The lowest BCUT2D eigenvalue weighted by Gasteiger charge is -2.13. The maximum absolute atomic E-state index is 6.50. The van der Waals surface area contributed by atoms with Crippen LogP contribution < -0.4 is 0 Å². The second-order valence-corrected chi connectivity index (χ2v) is 12.4. The van der Waals surface area contributed by atoms with E-state index in [0.717, 1.165) is 77.1 Å². The van der Waals surface area contributed by atoms with Crippen molar-refractivity contribution in [2.75, 3.05) is 0 Å². The van der Waals surface area contributed by atoms with E-state index in [2.05, 4.69) is 120 Å². The van der Waals surface area contributed by atoms with Crippen molar-refractivity contribution < 1.29 is 4.42 Å². The van der Waals surface area contributed by atoms with E-state index in [0.29, 0.717) is 17.6 Å². The summed E-state index contributed by atoms with van der Waals surface area (Å²) in [6.07, 6.45) is 0. The molecule has 0 aliphatic carbocycles. The van der Waals surface area contributed by atoms with E-state index in [1.165, 1.54) is 0 Å². The SMILES string of the molecule is c1ccc(-c2nc(-c3cc(-c4ccccc4)c4c(c3)oc3ccccc34)nc(-n3c4ccccc4c4cccc(-c5ccccc5)c43)n2)cc1. The number of hydrogen-bond donors (Lipinski definition) is 0. The number of furan rings is 1. The molecule has 0 N–H and O–H groups in total. The summed E-state index contributed by atoms with van der Waals surface area (Å²) in [5.74, 6) is 1.71. The van der Waals surface area contributed by atoms with Crippen molar-refractivity contribution in [1.29, 1.82) is 0 Å². The monoisotopic (exact) mass is 640 g/mol. The van der Waals surface area contributed by atoms with Crippen LogP contribution in [0.25, 0.3) is 94.7 Å². The van der Waals surface area contributed by atoms with Crippen LogP contribution in [0.3, 0.4) is 0 Å². The van der Waals surface area contributed by atoms with Gasteiger partial charge >= 0.3 is 0 Å². The topological polar surface area (TPSA) is 56.7 Å². The van der Waals surface area contributed by atoms with Crippen molar-refractivity contribution in [2.24, 2.45) is 0 Å². The summed E-state index contributed by atoms with van der Waals surface area (Å²) in [5, 5.41) is 4.43. The van der Waals surface area contributed by atoms with Gasteiger partial charge in [0.2, 0.25) is 5.95 Å². The lowest BCUT2D eigenvalue weighted by atomic mass is 9.97. The third kappa shape index (κ3) is 4.52. The van der Waals surface area contributed by atoms with Gasteiger partial charge in [0.15, 0.2) is 11.6 Å². The van der Waals surface area contributed by atoms with Gasteiger partial charge in [0, 0.05) is 38.2 Å². The van der Waals surface area contributed by atoms with Gasteiger partial charge in [-0.25, -0.2) is 4.98 Å². The molecule has 0 unspecified atom stereocenters. The number of nitrogens with zero attached hydrogens (tertiary/aromatic N) is 4. The molecular weight excluding hydrogens is 613 g/mol. The predicted molar refractivity (Wildman–Crippen MR) is 203 cm³/mol. The Morgan fingerprint density at radius 1 is 0.400 bits per heavy atom. The van der Waals surface area contributed by atoms with Gasteiger partial charge in [0.25, 0.3) is 0 Å². The molecule has 0 atom stereocenters. The van der Waals surface area contributed by atoms with Crippen molar-refractivity contribution in [2.45, 2.75) is 0 Å². The molecule has 0 saturated carbocycles. The molecule has 50 heavy (non-hydrogen) atoms. The van der Waals surface area contributed by atoms with Crippen LogP contribution in [0.1, 0.15) is 0 Å². The Hall–Kier alpha value is -6.85. The molecule has 10 aromatic rings. The Balaban J connectivity index is 1.30. The molecule has 0 amide bonds. The molecule has 234 valence electrons. The first-order chi connectivity index (χ1) is 24.8. The minimum atomic E-state index is 0.550. The van der Waals surface area contributed by atoms with E-state index in [1.54, 1.807) is 0 Å². The van der Waals surface area contributed by atoms with Gasteiger partial charge in [-0.1, -0.05) is 146 Å². The lowest BCUT2D eigenvalue weighted by Crippen LogP contribution is -2.07. The smallest absolute Gasteiger partial charge is 0.238 e. The Morgan fingerprint density at radius 2 is 0.980 bits per heavy atom. The average Bonchev–Trinajstić information content (AvgIpc) is 3.74. The minimum Gasteiger partial charge on any atom is -0.456 e. The quantitative estimate of drug-likeness (QED) is 0.188. The molecule has 5 heteroatoms. The Bertz CT molecular complexity index is 2860. The van der Waals surface area contributed by atoms with Gasteiger partial charge in [0.05, 0.1) is 11.0 Å². The molecule has 5 nitrogen and oxygen atoms in total. The van der Waals surface area contributed by atoms with Gasteiger partial charge < -0.3 is 4.42 Å². The zero-order chi connectivity index (χ0) is 33.0. The first kappa shape index (κ1) is 28.2. The van der Waals surface area contributed by atoms with Gasteiger partial charge in [-0.2, -0.15) is 9.97 Å². The highest BCUT2D eigenvalue weighted by atomic mass is 16.3. The Morgan fingerprint density at radius 3 is 1.72 bits per heavy atom. The van der Waals surface area contributed by atoms with Crippen LogP contribution in [0.2, 0.25) is 0 Å². The summed E-state index contributed by atoms with van der Waals surface area (Å²) >= 11 is 0. The molecule has 0 aliphatic heterocycles. The van der Waals surface area contributed by atoms with E-state index in [1.807, 2.05) is 54.6 Å². The van der Waals surface area contributed by atoms with E-state index < -0.39 is 0 Å². The van der Waals surface area contributed by atoms with Crippen molar-refractivity contribution in [3.8, 4) is 51.0 Å². The molecule has 0 saturated heterocycles. The van der Waals surface area contributed by atoms with Gasteiger partial charge in [-0.15, -0.1) is 0 Å². The van der Waals surface area contributed by atoms with Crippen molar-refractivity contribution >= 4 is 43.7 Å². The van der Waals surface area contributed by atoms with Crippen LogP contribution in [-0.2, 0) is 0 Å². The summed E-state index contributed by atoms with van der Waals surface area (Å²) in [5.41, 5.74) is 9.86. The zero-order valence-corrected chi connectivity index (χ0v) is 26.9. The molecule has 0 fully saturated rings. The average molecular weight is 641 g/mol. The normalized spacial score (nSPS) is 11.6. The highest BCUT2D eigenvalue weighted by molar-refractivity contribution is 6.14. The van der Waals surface area contributed by atoms with Crippen molar-refractivity contribution in [3.05, 3.63) is 170 Å². The minimum absolute atomic E-state index is 0.550. The van der Waals surface area contributed by atoms with Gasteiger partial charge in [0.1, 0.15) is 11.2 Å². The number of fused-ring (bicyclic) bond motifs is 6. The standard InChI is InChI=1S/C45H28N4O/c1-4-15-29(16-5-1)33-23-14-24-35-34-21-10-12-25-38(34)49(42(33)35)45-47-43(31-19-8-3-9-20-31)46-44(48-45)32-27-37(30-17-6-2-7-18-30)41-36-22-11-13-26-39(36)50-40(41)28-32/h1-28H. The summed E-state index contributed by atoms with van der Waals surface area (Å²) in [7, 11) is 0. The molecule has 0 bridgehead atoms. The fourth-order valence-corrected chi connectivity index (χ4v) is 7.22. The summed E-state index contributed by atoms with van der Waals surface area (Å²) < 4.78 is 8.69.